The van der Waals surface area contributed by atoms with Crippen molar-refractivity contribution < 1.29 is 27.4 Å². The van der Waals surface area contributed by atoms with Gasteiger partial charge in [0, 0.05) is 6.42 Å². The molecule has 8 heteroatoms. The number of hydrogen-bond acceptors (Lipinski definition) is 3. The molecule has 0 aromatic carbocycles. The van der Waals surface area contributed by atoms with E-state index < -0.39 is 16.4 Å². The molecular weight excluding hydrogens is 216 g/mol. The molecule has 0 radical (unpaired) electrons. The quantitative estimate of drug-likeness (QED) is 0.425. The summed E-state index contributed by atoms with van der Waals surface area (Å²) in [5.41, 5.74) is 0. The molecule has 0 aromatic rings. The molecule has 0 saturated heterocycles. The fourth-order valence-corrected chi connectivity index (χ4v) is 0.214. The van der Waals surface area contributed by atoms with Crippen LogP contribution in [-0.2, 0) is 15.2 Å². The van der Waals surface area contributed by atoms with Crippen molar-refractivity contribution in [3.05, 3.63) is 0 Å². The standard InChI is InChI=1S/C4H8O2.Ca.H2O4S.2H/c1-2-3-4(5)6;;1-5(2,3)4;;/h2-3H2,1H3,(H,5,6);;(H2,1,2,3,4);;. The van der Waals surface area contributed by atoms with Gasteiger partial charge in [0.15, 0.2) is 0 Å². The van der Waals surface area contributed by atoms with Crippen molar-refractivity contribution in [1.82, 2.24) is 0 Å². The zero-order valence-electron chi connectivity index (χ0n) is 5.89. The third kappa shape index (κ3) is 75.4. The first kappa shape index (κ1) is 18.4. The van der Waals surface area contributed by atoms with Gasteiger partial charge in [-0.3, -0.25) is 13.9 Å². The SMILES string of the molecule is CCCC(=O)O.O=S(=O)(O)O.[CaH2]. The number of carboxylic acid groups (broad SMARTS) is 1. The van der Waals surface area contributed by atoms with Crippen LogP contribution in [0.1, 0.15) is 19.8 Å². The van der Waals surface area contributed by atoms with Crippen LogP contribution in [0, 0.1) is 0 Å². The molecule has 72 valence electrons. The number of carbonyl (C=O) groups is 1. The van der Waals surface area contributed by atoms with Gasteiger partial charge >= 0.3 is 54.1 Å². The molecule has 0 bridgehead atoms. The summed E-state index contributed by atoms with van der Waals surface area (Å²) < 4.78 is 31.6. The Balaban J connectivity index is -0.000000126. The van der Waals surface area contributed by atoms with Crippen LogP contribution in [0.5, 0.6) is 0 Å². The Morgan fingerprint density at radius 2 is 1.58 bits per heavy atom. The summed E-state index contributed by atoms with van der Waals surface area (Å²) in [6.45, 7) is 1.84. The van der Waals surface area contributed by atoms with E-state index in [0.717, 1.165) is 6.42 Å². The fourth-order valence-electron chi connectivity index (χ4n) is 0.214. The fraction of sp³-hybridized carbons (Fsp3) is 0.750. The third-order valence-electron chi connectivity index (χ3n) is 0.464. The van der Waals surface area contributed by atoms with Gasteiger partial charge in [0.25, 0.3) is 0 Å². The van der Waals surface area contributed by atoms with E-state index in [1.165, 1.54) is 0 Å². The molecule has 0 fully saturated rings. The molecule has 0 unspecified atom stereocenters. The van der Waals surface area contributed by atoms with Gasteiger partial charge in [-0.05, 0) is 6.42 Å². The molecular formula is C4H12CaO6S. The van der Waals surface area contributed by atoms with Crippen molar-refractivity contribution in [2.45, 2.75) is 19.8 Å². The van der Waals surface area contributed by atoms with E-state index in [1.807, 2.05) is 6.92 Å². The summed E-state index contributed by atoms with van der Waals surface area (Å²) in [6, 6.07) is 0. The van der Waals surface area contributed by atoms with Crippen molar-refractivity contribution >= 4 is 54.1 Å². The van der Waals surface area contributed by atoms with Crippen LogP contribution in [0.15, 0.2) is 0 Å². The minimum absolute atomic E-state index is 0. The van der Waals surface area contributed by atoms with Crippen LogP contribution in [0.3, 0.4) is 0 Å². The third-order valence-corrected chi connectivity index (χ3v) is 0.464. The van der Waals surface area contributed by atoms with E-state index in [9.17, 15) is 4.79 Å². The Hall–Kier alpha value is 0.600. The maximum atomic E-state index is 9.60. The van der Waals surface area contributed by atoms with Gasteiger partial charge in [-0.15, -0.1) is 0 Å². The monoisotopic (exact) mass is 228 g/mol. The van der Waals surface area contributed by atoms with Gasteiger partial charge in [0.2, 0.25) is 0 Å². The molecule has 0 amide bonds. The first-order valence-electron chi connectivity index (χ1n) is 2.69. The normalized spacial score (nSPS) is 8.92. The molecule has 0 aliphatic rings. The van der Waals surface area contributed by atoms with Crippen LogP contribution >= 0.6 is 0 Å². The van der Waals surface area contributed by atoms with Gasteiger partial charge in [0.1, 0.15) is 0 Å². The Morgan fingerprint density at radius 3 is 1.58 bits per heavy atom. The van der Waals surface area contributed by atoms with E-state index in [4.69, 9.17) is 22.6 Å². The van der Waals surface area contributed by atoms with Crippen LogP contribution in [0.2, 0.25) is 0 Å². The summed E-state index contributed by atoms with van der Waals surface area (Å²) in [5.74, 6) is -0.711. The molecule has 6 nitrogen and oxygen atoms in total. The van der Waals surface area contributed by atoms with Crippen molar-refractivity contribution in [3.8, 4) is 0 Å². The van der Waals surface area contributed by atoms with Crippen LogP contribution in [0.25, 0.3) is 0 Å². The second-order valence-corrected chi connectivity index (χ2v) is 2.49. The molecule has 0 saturated carbocycles. The molecule has 0 atom stereocenters. The Labute approximate surface area is 101 Å². The zero-order valence-corrected chi connectivity index (χ0v) is 6.71. The number of rotatable bonds is 2. The number of hydrogen-bond donors (Lipinski definition) is 3. The summed E-state index contributed by atoms with van der Waals surface area (Å²) in [7, 11) is -4.67. The van der Waals surface area contributed by atoms with Crippen molar-refractivity contribution in [2.75, 3.05) is 0 Å². The summed E-state index contributed by atoms with van der Waals surface area (Å²) in [5, 5.41) is 7.91. The van der Waals surface area contributed by atoms with Crippen LogP contribution < -0.4 is 0 Å². The average Bonchev–Trinajstić information content (AvgIpc) is 1.58. The molecule has 0 heterocycles. The van der Waals surface area contributed by atoms with Gasteiger partial charge in [0.05, 0.1) is 0 Å². The summed E-state index contributed by atoms with van der Waals surface area (Å²) >= 11 is 0. The van der Waals surface area contributed by atoms with E-state index >= 15 is 0 Å². The molecule has 0 aliphatic carbocycles. The van der Waals surface area contributed by atoms with E-state index in [1.54, 1.807) is 0 Å². The second kappa shape index (κ2) is 9.69. The Kier molecular flexibility index (Phi) is 14.8. The zero-order chi connectivity index (χ0) is 9.49. The molecule has 0 rings (SSSR count). The van der Waals surface area contributed by atoms with Crippen molar-refractivity contribution in [2.24, 2.45) is 0 Å². The maximum absolute atomic E-state index is 9.60. The van der Waals surface area contributed by atoms with Gasteiger partial charge in [-0.1, -0.05) is 6.92 Å². The van der Waals surface area contributed by atoms with Crippen LogP contribution in [0.4, 0.5) is 0 Å². The van der Waals surface area contributed by atoms with Crippen molar-refractivity contribution in [3.63, 3.8) is 0 Å². The predicted octanol–water partition coefficient (Wildman–Crippen LogP) is -0.698. The number of carboxylic acids is 1. The van der Waals surface area contributed by atoms with E-state index in [2.05, 4.69) is 0 Å². The summed E-state index contributed by atoms with van der Waals surface area (Å²) in [6.07, 6.45) is 1.02. The molecule has 0 aromatic heterocycles. The number of aliphatic carboxylic acids is 1. The first-order valence-corrected chi connectivity index (χ1v) is 4.08. The molecule has 0 aliphatic heterocycles. The molecule has 0 spiro atoms. The topological polar surface area (TPSA) is 112 Å². The summed E-state index contributed by atoms with van der Waals surface area (Å²) in [4.78, 5) is 9.60. The molecule has 3 N–H and O–H groups in total. The van der Waals surface area contributed by atoms with Gasteiger partial charge in [-0.25, -0.2) is 0 Å². The Bertz CT molecular complexity index is 190. The van der Waals surface area contributed by atoms with E-state index in [-0.39, 0.29) is 37.7 Å². The predicted molar refractivity (Wildman–Crippen MR) is 45.3 cm³/mol. The van der Waals surface area contributed by atoms with E-state index in [0.29, 0.717) is 6.42 Å². The van der Waals surface area contributed by atoms with Crippen molar-refractivity contribution in [1.29, 1.82) is 0 Å². The average molecular weight is 228 g/mol. The first-order chi connectivity index (χ1) is 4.77. The van der Waals surface area contributed by atoms with Gasteiger partial charge < -0.3 is 5.11 Å². The van der Waals surface area contributed by atoms with Gasteiger partial charge in [-0.2, -0.15) is 8.42 Å². The Morgan fingerprint density at radius 1 is 1.33 bits per heavy atom. The van der Waals surface area contributed by atoms with Crippen LogP contribution in [-0.4, -0.2) is 66.3 Å². The molecule has 12 heavy (non-hydrogen) atoms. The second-order valence-electron chi connectivity index (χ2n) is 1.59. The minimum atomic E-state index is -4.67.